The van der Waals surface area contributed by atoms with Gasteiger partial charge in [-0.3, -0.25) is 5.32 Å². The molecule has 0 spiro atoms. The van der Waals surface area contributed by atoms with Crippen LogP contribution in [0.2, 0.25) is 5.02 Å². The van der Waals surface area contributed by atoms with Crippen molar-refractivity contribution in [2.45, 2.75) is 13.0 Å². The minimum Gasteiger partial charge on any atom is -0.722 e. The maximum Gasteiger partial charge on any atom is 0.412 e. The molecule has 6 heteroatoms. The molecule has 2 aromatic rings. The van der Waals surface area contributed by atoms with Crippen molar-refractivity contribution in [3.63, 3.8) is 0 Å². The van der Waals surface area contributed by atoms with Crippen molar-refractivity contribution in [2.75, 3.05) is 5.32 Å². The van der Waals surface area contributed by atoms with Crippen LogP contribution in [-0.2, 0) is 0 Å². The van der Waals surface area contributed by atoms with Crippen molar-refractivity contribution in [3.05, 3.63) is 52.5 Å². The van der Waals surface area contributed by atoms with Gasteiger partial charge < -0.3 is 5.21 Å². The van der Waals surface area contributed by atoms with Gasteiger partial charge in [0.2, 0.25) is 0 Å². The van der Waals surface area contributed by atoms with Gasteiger partial charge in [-0.1, -0.05) is 28.7 Å². The summed E-state index contributed by atoms with van der Waals surface area (Å²) in [5, 5.41) is 18.5. The molecule has 0 amide bonds. The molecule has 1 unspecified atom stereocenters. The van der Waals surface area contributed by atoms with E-state index in [-0.39, 0.29) is 12.0 Å². The molecule has 2 rings (SSSR count). The second-order valence-electron chi connectivity index (χ2n) is 3.56. The van der Waals surface area contributed by atoms with E-state index in [2.05, 4.69) is 15.4 Å². The standard InChI is InChI=1S/C11H11ClN4O/c1-8(9-2-4-10(12)5-3-9)15-11-13-6-7-14-16(11)17/h2-8H,1H3,(H,13,15). The second kappa shape index (κ2) is 4.97. The minimum absolute atomic E-state index is 0.0517. The monoisotopic (exact) mass is 250 g/mol. The highest BCUT2D eigenvalue weighted by Gasteiger charge is 2.13. The zero-order chi connectivity index (χ0) is 12.3. The number of rotatable bonds is 3. The lowest BCUT2D eigenvalue weighted by atomic mass is 10.1. The third-order valence-corrected chi connectivity index (χ3v) is 2.58. The molecule has 0 aliphatic rings. The van der Waals surface area contributed by atoms with Gasteiger partial charge in [0.15, 0.2) is 0 Å². The summed E-state index contributed by atoms with van der Waals surface area (Å²) < 4.78 is 0. The molecule has 17 heavy (non-hydrogen) atoms. The highest BCUT2D eigenvalue weighted by molar-refractivity contribution is 6.30. The first-order valence-electron chi connectivity index (χ1n) is 5.09. The number of hydrogen-bond acceptors (Lipinski definition) is 4. The van der Waals surface area contributed by atoms with E-state index in [1.807, 2.05) is 19.1 Å². The molecular formula is C11H11ClN4O. The van der Waals surface area contributed by atoms with E-state index >= 15 is 0 Å². The van der Waals surface area contributed by atoms with Gasteiger partial charge in [-0.2, -0.15) is 0 Å². The Kier molecular flexibility index (Phi) is 3.39. The van der Waals surface area contributed by atoms with Crippen LogP contribution in [-0.4, -0.2) is 10.1 Å². The number of nitrogens with zero attached hydrogens (tertiary/aromatic N) is 3. The summed E-state index contributed by atoms with van der Waals surface area (Å²) >= 11 is 5.80. The van der Waals surface area contributed by atoms with Crippen LogP contribution in [0.3, 0.4) is 0 Å². The normalized spacial score (nSPS) is 12.1. The average Bonchev–Trinajstić information content (AvgIpc) is 2.33. The molecule has 88 valence electrons. The van der Waals surface area contributed by atoms with E-state index in [9.17, 15) is 5.21 Å². The molecule has 1 atom stereocenters. The molecule has 1 heterocycles. The molecule has 0 saturated carbocycles. The lowest BCUT2D eigenvalue weighted by Crippen LogP contribution is -2.36. The fourth-order valence-corrected chi connectivity index (χ4v) is 1.55. The third kappa shape index (κ3) is 2.82. The van der Waals surface area contributed by atoms with E-state index < -0.39 is 0 Å². The number of halogens is 1. The summed E-state index contributed by atoms with van der Waals surface area (Å²) in [7, 11) is 0. The molecule has 0 radical (unpaired) electrons. The summed E-state index contributed by atoms with van der Waals surface area (Å²) in [6, 6.07) is 7.34. The van der Waals surface area contributed by atoms with Crippen LogP contribution < -0.4 is 10.2 Å². The maximum atomic E-state index is 11.3. The molecular weight excluding hydrogens is 240 g/mol. The topological polar surface area (TPSA) is 64.8 Å². The van der Waals surface area contributed by atoms with Crippen LogP contribution in [0.5, 0.6) is 0 Å². The summed E-state index contributed by atoms with van der Waals surface area (Å²) in [4.78, 5) is 4.36. The molecule has 1 N–H and O–H groups in total. The van der Waals surface area contributed by atoms with Crippen LogP contribution in [0.4, 0.5) is 5.95 Å². The number of hydrogen-bond donors (Lipinski definition) is 1. The maximum absolute atomic E-state index is 11.3. The Morgan fingerprint density at radius 2 is 2.00 bits per heavy atom. The van der Waals surface area contributed by atoms with Crippen molar-refractivity contribution in [2.24, 2.45) is 0 Å². The first-order valence-corrected chi connectivity index (χ1v) is 5.47. The fraction of sp³-hybridized carbons (Fsp3) is 0.182. The van der Waals surface area contributed by atoms with Gasteiger partial charge in [-0.25, -0.2) is 0 Å². The van der Waals surface area contributed by atoms with E-state index in [0.29, 0.717) is 9.87 Å². The molecule has 0 saturated heterocycles. The van der Waals surface area contributed by atoms with Crippen LogP contribution in [0.1, 0.15) is 18.5 Å². The van der Waals surface area contributed by atoms with Crippen LogP contribution in [0.15, 0.2) is 36.7 Å². The second-order valence-corrected chi connectivity index (χ2v) is 3.99. The summed E-state index contributed by atoms with van der Waals surface area (Å²) in [6.07, 6.45) is 2.80. The molecule has 0 aliphatic carbocycles. The molecule has 1 aromatic carbocycles. The Morgan fingerprint density at radius 1 is 1.29 bits per heavy atom. The van der Waals surface area contributed by atoms with Crippen molar-refractivity contribution in [1.29, 1.82) is 0 Å². The zero-order valence-corrected chi connectivity index (χ0v) is 9.93. The number of nitrogens with one attached hydrogen (secondary N) is 1. The van der Waals surface area contributed by atoms with Gasteiger partial charge in [-0.15, -0.1) is 9.94 Å². The summed E-state index contributed by atoms with van der Waals surface area (Å²) in [5.41, 5.74) is 1.01. The van der Waals surface area contributed by atoms with Crippen molar-refractivity contribution in [3.8, 4) is 0 Å². The van der Waals surface area contributed by atoms with Gasteiger partial charge in [-0.05, 0) is 24.6 Å². The Balaban J connectivity index is 2.14. The highest BCUT2D eigenvalue weighted by Crippen LogP contribution is 2.18. The van der Waals surface area contributed by atoms with Gasteiger partial charge >= 0.3 is 5.95 Å². The SMILES string of the molecule is CC(Nc1nccn[n+]1[O-])c1ccc(Cl)cc1. The van der Waals surface area contributed by atoms with Crippen LogP contribution in [0.25, 0.3) is 0 Å². The first-order chi connectivity index (χ1) is 8.16. The quantitative estimate of drug-likeness (QED) is 0.668. The molecule has 0 bridgehead atoms. The largest absolute Gasteiger partial charge is 0.722 e. The Hall–Kier alpha value is -1.88. The molecule has 0 fully saturated rings. The lowest BCUT2D eigenvalue weighted by molar-refractivity contribution is -0.657. The van der Waals surface area contributed by atoms with Gasteiger partial charge in [0.25, 0.3) is 0 Å². The molecule has 5 nitrogen and oxygen atoms in total. The van der Waals surface area contributed by atoms with E-state index in [4.69, 9.17) is 11.6 Å². The predicted molar refractivity (Wildman–Crippen MR) is 64.5 cm³/mol. The number of benzene rings is 1. The fourth-order valence-electron chi connectivity index (χ4n) is 1.42. The summed E-state index contributed by atoms with van der Waals surface area (Å²) in [5.74, 6) is 0.176. The number of aromatic nitrogens is 3. The van der Waals surface area contributed by atoms with Gasteiger partial charge in [0.05, 0.1) is 12.2 Å². The Morgan fingerprint density at radius 3 is 2.65 bits per heavy atom. The van der Waals surface area contributed by atoms with Crippen LogP contribution >= 0.6 is 11.6 Å². The first kappa shape index (κ1) is 11.6. The van der Waals surface area contributed by atoms with Crippen molar-refractivity contribution in [1.82, 2.24) is 10.1 Å². The van der Waals surface area contributed by atoms with E-state index in [0.717, 1.165) is 5.56 Å². The highest BCUT2D eigenvalue weighted by atomic mass is 35.5. The number of anilines is 1. The third-order valence-electron chi connectivity index (χ3n) is 2.33. The average molecular weight is 251 g/mol. The van der Waals surface area contributed by atoms with Crippen LogP contribution in [0, 0.1) is 5.21 Å². The van der Waals surface area contributed by atoms with Gasteiger partial charge in [0, 0.05) is 5.02 Å². The van der Waals surface area contributed by atoms with Crippen molar-refractivity contribution >= 4 is 17.5 Å². The smallest absolute Gasteiger partial charge is 0.412 e. The van der Waals surface area contributed by atoms with E-state index in [1.54, 1.807) is 12.1 Å². The van der Waals surface area contributed by atoms with E-state index in [1.165, 1.54) is 12.4 Å². The Bertz CT molecular complexity index is 503. The van der Waals surface area contributed by atoms with Crippen molar-refractivity contribution < 1.29 is 4.85 Å². The molecule has 0 aliphatic heterocycles. The molecule has 1 aromatic heterocycles. The minimum atomic E-state index is -0.0517. The lowest BCUT2D eigenvalue weighted by Gasteiger charge is -2.12. The predicted octanol–water partition coefficient (Wildman–Crippen LogP) is 1.94. The Labute approximate surface area is 104 Å². The zero-order valence-electron chi connectivity index (χ0n) is 9.17. The van der Waals surface area contributed by atoms with Gasteiger partial charge in [0.1, 0.15) is 6.20 Å². The summed E-state index contributed by atoms with van der Waals surface area (Å²) in [6.45, 7) is 1.93.